The van der Waals surface area contributed by atoms with E-state index >= 15 is 0 Å². The lowest BCUT2D eigenvalue weighted by Crippen LogP contribution is -2.31. The van der Waals surface area contributed by atoms with Gasteiger partial charge in [0, 0.05) is 23.5 Å². The molecule has 0 saturated heterocycles. The quantitative estimate of drug-likeness (QED) is 0.703. The molecule has 2 rings (SSSR count). The molecule has 0 bridgehead atoms. The Morgan fingerprint density at radius 1 is 1.14 bits per heavy atom. The van der Waals surface area contributed by atoms with Crippen LogP contribution in [0.5, 0.6) is 11.5 Å². The Morgan fingerprint density at radius 3 is 2.43 bits per heavy atom. The number of methoxy groups -OCH3 is 2. The smallest absolute Gasteiger partial charge is 0.340 e. The van der Waals surface area contributed by atoms with Gasteiger partial charge in [-0.3, -0.25) is 4.79 Å². The summed E-state index contributed by atoms with van der Waals surface area (Å²) in [5, 5.41) is 2.81. The summed E-state index contributed by atoms with van der Waals surface area (Å²) in [6, 6.07) is 6.80. The minimum absolute atomic E-state index is 0.346. The Bertz CT molecular complexity index is 857. The van der Waals surface area contributed by atoms with Crippen molar-refractivity contribution in [3.63, 3.8) is 0 Å². The predicted octanol–water partition coefficient (Wildman–Crippen LogP) is 3.18. The van der Waals surface area contributed by atoms with Gasteiger partial charge in [-0.1, -0.05) is 0 Å². The van der Waals surface area contributed by atoms with Crippen LogP contribution in [0.15, 0.2) is 24.3 Å². The zero-order chi connectivity index (χ0) is 20.8. The first-order chi connectivity index (χ1) is 13.3. The number of carbonyl (C=O) groups excluding carboxylic acids is 2. The summed E-state index contributed by atoms with van der Waals surface area (Å²) in [5.41, 5.74) is 3.07. The van der Waals surface area contributed by atoms with Crippen LogP contribution in [0.3, 0.4) is 0 Å². The highest BCUT2D eigenvalue weighted by atomic mass is 16.5. The van der Waals surface area contributed by atoms with Gasteiger partial charge in [-0.2, -0.15) is 0 Å². The fourth-order valence-corrected chi connectivity index (χ4v) is 3.24. The van der Waals surface area contributed by atoms with Crippen molar-refractivity contribution in [2.75, 3.05) is 20.8 Å². The van der Waals surface area contributed by atoms with Gasteiger partial charge in [0.2, 0.25) is 0 Å². The van der Waals surface area contributed by atoms with Crippen LogP contribution in [0.4, 0.5) is 0 Å². The molecule has 0 saturated carbocycles. The molecule has 0 unspecified atom stereocenters. The number of nitrogens with zero attached hydrogens (tertiary/aromatic N) is 1. The molecule has 0 aliphatic carbocycles. The molecule has 1 heterocycles. The summed E-state index contributed by atoms with van der Waals surface area (Å²) < 4.78 is 17.8. The first-order valence-electron chi connectivity index (χ1n) is 9.17. The van der Waals surface area contributed by atoms with Crippen molar-refractivity contribution in [1.82, 2.24) is 9.88 Å². The standard InChI is InChI=1S/C21H28N2O5/c1-7-23-13(2)10-18(15(23)4)21(25)28-12-20(24)22-14(3)17-11-16(26-5)8-9-19(17)27-6/h8-11,14H,7,12H2,1-6H3,(H,22,24)/t14-/m0/s1. The molecule has 0 aliphatic heterocycles. The fraction of sp³-hybridized carbons (Fsp3) is 0.429. The topological polar surface area (TPSA) is 78.8 Å². The predicted molar refractivity (Wildman–Crippen MR) is 106 cm³/mol. The van der Waals surface area contributed by atoms with E-state index in [0.29, 0.717) is 17.1 Å². The maximum absolute atomic E-state index is 12.3. The Balaban J connectivity index is 2.00. The molecule has 7 heteroatoms. The molecular formula is C21H28N2O5. The van der Waals surface area contributed by atoms with Gasteiger partial charge in [0.05, 0.1) is 25.8 Å². The van der Waals surface area contributed by atoms with Crippen LogP contribution in [0, 0.1) is 13.8 Å². The second-order valence-corrected chi connectivity index (χ2v) is 6.50. The summed E-state index contributed by atoms with van der Waals surface area (Å²) in [6.45, 7) is 8.05. The minimum atomic E-state index is -0.505. The number of hydrogen-bond donors (Lipinski definition) is 1. The molecule has 1 N–H and O–H groups in total. The highest BCUT2D eigenvalue weighted by Crippen LogP contribution is 2.29. The van der Waals surface area contributed by atoms with Crippen molar-refractivity contribution in [2.24, 2.45) is 0 Å². The fourth-order valence-electron chi connectivity index (χ4n) is 3.24. The maximum atomic E-state index is 12.3. The first kappa shape index (κ1) is 21.3. The van der Waals surface area contributed by atoms with E-state index in [-0.39, 0.29) is 12.6 Å². The number of aryl methyl sites for hydroxylation is 1. The summed E-state index contributed by atoms with van der Waals surface area (Å²) in [6.07, 6.45) is 0. The number of carbonyl (C=O) groups is 2. The van der Waals surface area contributed by atoms with Crippen molar-refractivity contribution in [2.45, 2.75) is 40.3 Å². The van der Waals surface area contributed by atoms with Crippen LogP contribution in [0.25, 0.3) is 0 Å². The van der Waals surface area contributed by atoms with Gasteiger partial charge in [-0.05, 0) is 52.0 Å². The molecule has 1 aromatic heterocycles. The normalized spacial score (nSPS) is 11.6. The molecule has 0 fully saturated rings. The van der Waals surface area contributed by atoms with E-state index in [1.165, 1.54) is 0 Å². The van der Waals surface area contributed by atoms with E-state index in [4.69, 9.17) is 14.2 Å². The summed E-state index contributed by atoms with van der Waals surface area (Å²) in [4.78, 5) is 24.6. The van der Waals surface area contributed by atoms with Crippen LogP contribution >= 0.6 is 0 Å². The molecule has 1 atom stereocenters. The van der Waals surface area contributed by atoms with Gasteiger partial charge >= 0.3 is 5.97 Å². The zero-order valence-electron chi connectivity index (χ0n) is 17.3. The number of amides is 1. The van der Waals surface area contributed by atoms with E-state index in [9.17, 15) is 9.59 Å². The van der Waals surface area contributed by atoms with E-state index in [1.54, 1.807) is 38.5 Å². The number of rotatable bonds is 8. The number of hydrogen-bond acceptors (Lipinski definition) is 5. The highest BCUT2D eigenvalue weighted by Gasteiger charge is 2.19. The average Bonchev–Trinajstić information content (AvgIpc) is 2.98. The number of benzene rings is 1. The molecule has 7 nitrogen and oxygen atoms in total. The van der Waals surface area contributed by atoms with Gasteiger partial charge in [0.15, 0.2) is 6.61 Å². The first-order valence-corrected chi connectivity index (χ1v) is 9.17. The largest absolute Gasteiger partial charge is 0.497 e. The monoisotopic (exact) mass is 388 g/mol. The molecular weight excluding hydrogens is 360 g/mol. The van der Waals surface area contributed by atoms with E-state index in [0.717, 1.165) is 23.5 Å². The lowest BCUT2D eigenvalue weighted by molar-refractivity contribution is -0.124. The molecule has 28 heavy (non-hydrogen) atoms. The molecule has 2 aromatic rings. The number of nitrogens with one attached hydrogen (secondary N) is 1. The van der Waals surface area contributed by atoms with Crippen molar-refractivity contribution in [1.29, 1.82) is 0 Å². The number of aromatic nitrogens is 1. The molecule has 0 spiro atoms. The molecule has 0 radical (unpaired) electrons. The third-order valence-electron chi connectivity index (χ3n) is 4.73. The molecule has 1 aromatic carbocycles. The average molecular weight is 388 g/mol. The summed E-state index contributed by atoms with van der Waals surface area (Å²) >= 11 is 0. The lowest BCUT2D eigenvalue weighted by atomic mass is 10.1. The zero-order valence-corrected chi connectivity index (χ0v) is 17.3. The van der Waals surface area contributed by atoms with Gasteiger partial charge in [-0.25, -0.2) is 4.79 Å². The second-order valence-electron chi connectivity index (χ2n) is 6.50. The van der Waals surface area contributed by atoms with Crippen LogP contribution in [0.1, 0.15) is 47.2 Å². The summed E-state index contributed by atoms with van der Waals surface area (Å²) in [7, 11) is 3.14. The van der Waals surface area contributed by atoms with Crippen molar-refractivity contribution < 1.29 is 23.8 Å². The van der Waals surface area contributed by atoms with E-state index in [2.05, 4.69) is 5.32 Å². The van der Waals surface area contributed by atoms with Crippen LogP contribution in [0.2, 0.25) is 0 Å². The molecule has 1 amide bonds. The lowest BCUT2D eigenvalue weighted by Gasteiger charge is -2.18. The molecule has 152 valence electrons. The molecule has 0 aliphatic rings. The Hall–Kier alpha value is -2.96. The minimum Gasteiger partial charge on any atom is -0.497 e. The number of ether oxygens (including phenoxy) is 3. The third kappa shape index (κ3) is 4.65. The SMILES string of the molecule is CCn1c(C)cc(C(=O)OCC(=O)N[C@@H](C)c2cc(OC)ccc2OC)c1C. The number of esters is 1. The Kier molecular flexibility index (Phi) is 7.09. The third-order valence-corrected chi connectivity index (χ3v) is 4.73. The Morgan fingerprint density at radius 2 is 1.86 bits per heavy atom. The van der Waals surface area contributed by atoms with Crippen LogP contribution in [-0.2, 0) is 16.1 Å². The van der Waals surface area contributed by atoms with Crippen LogP contribution in [-0.4, -0.2) is 37.3 Å². The van der Waals surface area contributed by atoms with Crippen LogP contribution < -0.4 is 14.8 Å². The van der Waals surface area contributed by atoms with E-state index in [1.807, 2.05) is 32.3 Å². The second kappa shape index (κ2) is 9.30. The van der Waals surface area contributed by atoms with Gasteiger partial charge in [0.1, 0.15) is 11.5 Å². The van der Waals surface area contributed by atoms with Crippen molar-refractivity contribution >= 4 is 11.9 Å². The maximum Gasteiger partial charge on any atom is 0.340 e. The highest BCUT2D eigenvalue weighted by molar-refractivity contribution is 5.92. The van der Waals surface area contributed by atoms with Gasteiger partial charge in [0.25, 0.3) is 5.91 Å². The van der Waals surface area contributed by atoms with Gasteiger partial charge in [-0.15, -0.1) is 0 Å². The van der Waals surface area contributed by atoms with Crippen molar-refractivity contribution in [3.05, 3.63) is 46.8 Å². The van der Waals surface area contributed by atoms with E-state index < -0.39 is 11.9 Å². The van der Waals surface area contributed by atoms with Gasteiger partial charge < -0.3 is 24.1 Å². The Labute approximate surface area is 165 Å². The van der Waals surface area contributed by atoms with Crippen molar-refractivity contribution in [3.8, 4) is 11.5 Å². The summed E-state index contributed by atoms with van der Waals surface area (Å²) in [5.74, 6) is 0.400.